The highest BCUT2D eigenvalue weighted by Gasteiger charge is 2.15. The summed E-state index contributed by atoms with van der Waals surface area (Å²) in [6.45, 7) is 3.42. The van der Waals surface area contributed by atoms with Crippen LogP contribution in [0.5, 0.6) is 5.75 Å². The molecule has 2 rings (SSSR count). The first-order valence-electron chi connectivity index (χ1n) is 6.52. The second-order valence-corrected chi connectivity index (χ2v) is 4.81. The van der Waals surface area contributed by atoms with Gasteiger partial charge in [0, 0.05) is 18.7 Å². The molecule has 1 aromatic carbocycles. The number of aliphatic hydroxyl groups is 1. The van der Waals surface area contributed by atoms with E-state index in [4.69, 9.17) is 10.5 Å². The van der Waals surface area contributed by atoms with Crippen molar-refractivity contribution in [1.82, 2.24) is 4.90 Å². The summed E-state index contributed by atoms with van der Waals surface area (Å²) in [7, 11) is 1.68. The summed E-state index contributed by atoms with van der Waals surface area (Å²) in [5.41, 5.74) is 7.49. The molecule has 1 heterocycles. The number of benzene rings is 1. The Morgan fingerprint density at radius 2 is 2.11 bits per heavy atom. The number of ether oxygens (including phenoxy) is 1. The lowest BCUT2D eigenvalue weighted by molar-refractivity contribution is 0.186. The van der Waals surface area contributed by atoms with Crippen LogP contribution < -0.4 is 10.5 Å². The molecule has 1 aliphatic rings. The first kappa shape index (κ1) is 13.3. The van der Waals surface area contributed by atoms with Crippen molar-refractivity contribution in [2.45, 2.75) is 25.5 Å². The van der Waals surface area contributed by atoms with Crippen LogP contribution in [0.25, 0.3) is 0 Å². The Morgan fingerprint density at radius 3 is 2.72 bits per heavy atom. The van der Waals surface area contributed by atoms with E-state index >= 15 is 0 Å². The van der Waals surface area contributed by atoms with Crippen molar-refractivity contribution in [3.8, 4) is 5.75 Å². The van der Waals surface area contributed by atoms with E-state index in [0.29, 0.717) is 0 Å². The van der Waals surface area contributed by atoms with Gasteiger partial charge in [-0.15, -0.1) is 0 Å². The predicted octanol–water partition coefficient (Wildman–Crippen LogP) is 1.28. The second kappa shape index (κ2) is 6.18. The largest absolute Gasteiger partial charge is 0.496 e. The third kappa shape index (κ3) is 3.02. The molecule has 4 heteroatoms. The van der Waals surface area contributed by atoms with Crippen LogP contribution in [0.3, 0.4) is 0 Å². The van der Waals surface area contributed by atoms with Gasteiger partial charge in [-0.3, -0.25) is 4.90 Å². The quantitative estimate of drug-likeness (QED) is 0.826. The van der Waals surface area contributed by atoms with Crippen LogP contribution in [0.4, 0.5) is 0 Å². The number of aliphatic hydroxyl groups excluding tert-OH is 1. The van der Waals surface area contributed by atoms with Gasteiger partial charge in [0.15, 0.2) is 0 Å². The fraction of sp³-hybridized carbons (Fsp3) is 0.571. The normalized spacial score (nSPS) is 17.9. The summed E-state index contributed by atoms with van der Waals surface area (Å²) in [5.74, 6) is 0.884. The summed E-state index contributed by atoms with van der Waals surface area (Å²) >= 11 is 0. The lowest BCUT2D eigenvalue weighted by Gasteiger charge is -2.18. The molecule has 1 aliphatic heterocycles. The fourth-order valence-electron chi connectivity index (χ4n) is 2.45. The lowest BCUT2D eigenvalue weighted by Crippen LogP contribution is -2.19. The van der Waals surface area contributed by atoms with Gasteiger partial charge >= 0.3 is 0 Å². The molecule has 1 aromatic rings. The van der Waals surface area contributed by atoms with Crippen LogP contribution in [-0.4, -0.2) is 36.8 Å². The molecule has 0 aliphatic carbocycles. The fourth-order valence-corrected chi connectivity index (χ4v) is 2.45. The second-order valence-electron chi connectivity index (χ2n) is 4.81. The first-order chi connectivity index (χ1) is 8.74. The molecule has 18 heavy (non-hydrogen) atoms. The van der Waals surface area contributed by atoms with Crippen LogP contribution in [0.1, 0.15) is 30.1 Å². The van der Waals surface area contributed by atoms with Crippen LogP contribution in [0.15, 0.2) is 18.2 Å². The smallest absolute Gasteiger partial charge is 0.123 e. The molecule has 1 unspecified atom stereocenters. The molecule has 0 aromatic heterocycles. The molecule has 1 fully saturated rings. The van der Waals surface area contributed by atoms with Gasteiger partial charge < -0.3 is 15.6 Å². The van der Waals surface area contributed by atoms with E-state index in [-0.39, 0.29) is 6.54 Å². The van der Waals surface area contributed by atoms with E-state index in [0.717, 1.165) is 36.5 Å². The average molecular weight is 250 g/mol. The maximum atomic E-state index is 9.80. The van der Waals surface area contributed by atoms with Crippen LogP contribution in [0.2, 0.25) is 0 Å². The van der Waals surface area contributed by atoms with E-state index in [1.54, 1.807) is 7.11 Å². The van der Waals surface area contributed by atoms with Crippen molar-refractivity contribution >= 4 is 0 Å². The van der Waals surface area contributed by atoms with E-state index in [9.17, 15) is 5.11 Å². The molecule has 4 nitrogen and oxygen atoms in total. The van der Waals surface area contributed by atoms with Crippen molar-refractivity contribution in [2.75, 3.05) is 26.7 Å². The number of nitrogens with two attached hydrogens (primary N) is 1. The standard InChI is InChI=1S/C14H22N2O2/c1-18-14-5-4-11(13(17)9-15)8-12(14)10-16-6-2-3-7-16/h4-5,8,13,17H,2-3,6-7,9-10,15H2,1H3. The number of nitrogens with zero attached hydrogens (tertiary/aromatic N) is 1. The van der Waals surface area contributed by atoms with Gasteiger partial charge in [0.2, 0.25) is 0 Å². The molecule has 0 amide bonds. The Bertz CT molecular complexity index is 389. The average Bonchev–Trinajstić information content (AvgIpc) is 2.90. The van der Waals surface area contributed by atoms with Crippen molar-refractivity contribution in [1.29, 1.82) is 0 Å². The maximum absolute atomic E-state index is 9.80. The Morgan fingerprint density at radius 1 is 1.39 bits per heavy atom. The highest BCUT2D eigenvalue weighted by Crippen LogP contribution is 2.25. The minimum absolute atomic E-state index is 0.246. The SMILES string of the molecule is COc1ccc(C(O)CN)cc1CN1CCCC1. The van der Waals surface area contributed by atoms with Crippen molar-refractivity contribution in [2.24, 2.45) is 5.73 Å². The number of hydrogen-bond acceptors (Lipinski definition) is 4. The molecule has 1 atom stereocenters. The van der Waals surface area contributed by atoms with Gasteiger partial charge in [-0.05, 0) is 43.6 Å². The maximum Gasteiger partial charge on any atom is 0.123 e. The van der Waals surface area contributed by atoms with Crippen molar-refractivity contribution < 1.29 is 9.84 Å². The number of rotatable bonds is 5. The van der Waals surface area contributed by atoms with E-state index in [1.165, 1.54) is 12.8 Å². The first-order valence-corrected chi connectivity index (χ1v) is 6.52. The monoisotopic (exact) mass is 250 g/mol. The highest BCUT2D eigenvalue weighted by atomic mass is 16.5. The van der Waals surface area contributed by atoms with Gasteiger partial charge in [0.05, 0.1) is 13.2 Å². The summed E-state index contributed by atoms with van der Waals surface area (Å²) in [5, 5.41) is 9.80. The third-order valence-electron chi connectivity index (χ3n) is 3.51. The number of likely N-dealkylation sites (tertiary alicyclic amines) is 1. The number of methoxy groups -OCH3 is 1. The third-order valence-corrected chi connectivity index (χ3v) is 3.51. The molecule has 0 spiro atoms. The molecular weight excluding hydrogens is 228 g/mol. The van der Waals surface area contributed by atoms with Crippen molar-refractivity contribution in [3.63, 3.8) is 0 Å². The minimum Gasteiger partial charge on any atom is -0.496 e. The topological polar surface area (TPSA) is 58.7 Å². The zero-order valence-electron chi connectivity index (χ0n) is 10.9. The highest BCUT2D eigenvalue weighted by molar-refractivity contribution is 5.38. The Balaban J connectivity index is 2.18. The minimum atomic E-state index is -0.590. The summed E-state index contributed by atoms with van der Waals surface area (Å²) in [6.07, 6.45) is 1.95. The Hall–Kier alpha value is -1.10. The van der Waals surface area contributed by atoms with Crippen molar-refractivity contribution in [3.05, 3.63) is 29.3 Å². The number of hydrogen-bond donors (Lipinski definition) is 2. The van der Waals surface area contributed by atoms with E-state index in [1.807, 2.05) is 18.2 Å². The zero-order valence-corrected chi connectivity index (χ0v) is 10.9. The van der Waals surface area contributed by atoms with Gasteiger partial charge in [0.1, 0.15) is 5.75 Å². The Kier molecular flexibility index (Phi) is 4.58. The van der Waals surface area contributed by atoms with Gasteiger partial charge in [-0.2, -0.15) is 0 Å². The summed E-state index contributed by atoms with van der Waals surface area (Å²) < 4.78 is 5.38. The van der Waals surface area contributed by atoms with E-state index < -0.39 is 6.10 Å². The zero-order chi connectivity index (χ0) is 13.0. The molecule has 100 valence electrons. The van der Waals surface area contributed by atoms with E-state index in [2.05, 4.69) is 4.90 Å². The van der Waals surface area contributed by atoms with Gasteiger partial charge in [0.25, 0.3) is 0 Å². The molecule has 1 saturated heterocycles. The van der Waals surface area contributed by atoms with Crippen LogP contribution >= 0.6 is 0 Å². The van der Waals surface area contributed by atoms with Crippen LogP contribution in [-0.2, 0) is 6.54 Å². The molecule has 0 bridgehead atoms. The van der Waals surface area contributed by atoms with Crippen LogP contribution in [0, 0.1) is 0 Å². The van der Waals surface area contributed by atoms with Gasteiger partial charge in [-0.25, -0.2) is 0 Å². The lowest BCUT2D eigenvalue weighted by atomic mass is 10.0. The molecular formula is C14H22N2O2. The summed E-state index contributed by atoms with van der Waals surface area (Å²) in [6, 6.07) is 5.80. The molecule has 0 saturated carbocycles. The molecule has 3 N–H and O–H groups in total. The predicted molar refractivity (Wildman–Crippen MR) is 71.5 cm³/mol. The molecule has 0 radical (unpaired) electrons. The summed E-state index contributed by atoms with van der Waals surface area (Å²) in [4.78, 5) is 2.41. The Labute approximate surface area is 108 Å². The van der Waals surface area contributed by atoms with Gasteiger partial charge in [-0.1, -0.05) is 6.07 Å².